The Morgan fingerprint density at radius 2 is 2.31 bits per heavy atom. The van der Waals surface area contributed by atoms with Gasteiger partial charge in [0, 0.05) is 25.3 Å². The summed E-state index contributed by atoms with van der Waals surface area (Å²) < 4.78 is 5.13. The number of hydrogen-bond donors (Lipinski definition) is 1. The van der Waals surface area contributed by atoms with Gasteiger partial charge in [0.1, 0.15) is 11.8 Å². The molecule has 1 unspecified atom stereocenters. The van der Waals surface area contributed by atoms with Crippen molar-refractivity contribution in [2.24, 2.45) is 0 Å². The second-order valence-electron chi connectivity index (χ2n) is 3.98. The van der Waals surface area contributed by atoms with Gasteiger partial charge in [-0.1, -0.05) is 6.07 Å². The van der Waals surface area contributed by atoms with E-state index in [1.807, 2.05) is 31.3 Å². The highest BCUT2D eigenvalue weighted by molar-refractivity contribution is 5.86. The van der Waals surface area contributed by atoms with Crippen LogP contribution in [0, 0.1) is 0 Å². The first kappa shape index (κ1) is 10.8. The van der Waals surface area contributed by atoms with Gasteiger partial charge in [-0.2, -0.15) is 0 Å². The lowest BCUT2D eigenvalue weighted by atomic mass is 10.2. The van der Waals surface area contributed by atoms with E-state index in [0.717, 1.165) is 24.4 Å². The van der Waals surface area contributed by atoms with Crippen molar-refractivity contribution in [3.05, 3.63) is 24.3 Å². The summed E-state index contributed by atoms with van der Waals surface area (Å²) in [5, 5.41) is 3.22. The fourth-order valence-corrected chi connectivity index (χ4v) is 1.87. The average molecular weight is 220 g/mol. The molecule has 16 heavy (non-hydrogen) atoms. The maximum absolute atomic E-state index is 11.7. The number of nitrogens with one attached hydrogen (secondary N) is 1. The fraction of sp³-hybridized carbons (Fsp3) is 0.417. The molecule has 1 N–H and O–H groups in total. The summed E-state index contributed by atoms with van der Waals surface area (Å²) in [5.41, 5.74) is 0.924. The van der Waals surface area contributed by atoms with Crippen molar-refractivity contribution in [3.63, 3.8) is 0 Å². The van der Waals surface area contributed by atoms with Gasteiger partial charge in [0.25, 0.3) is 0 Å². The molecule has 0 aromatic heterocycles. The van der Waals surface area contributed by atoms with Crippen molar-refractivity contribution in [3.8, 4) is 5.75 Å². The van der Waals surface area contributed by atoms with Crippen LogP contribution in [0.25, 0.3) is 0 Å². The minimum Gasteiger partial charge on any atom is -0.497 e. The van der Waals surface area contributed by atoms with Crippen LogP contribution in [0.2, 0.25) is 0 Å². The zero-order chi connectivity index (χ0) is 11.5. The Kier molecular flexibility index (Phi) is 2.99. The van der Waals surface area contributed by atoms with Crippen molar-refractivity contribution >= 4 is 11.6 Å². The molecular formula is C12H16N2O2. The number of methoxy groups -OCH3 is 1. The lowest BCUT2D eigenvalue weighted by Gasteiger charge is -2.13. The van der Waals surface area contributed by atoms with Crippen molar-refractivity contribution < 1.29 is 9.53 Å². The zero-order valence-corrected chi connectivity index (χ0v) is 9.56. The van der Waals surface area contributed by atoms with Crippen LogP contribution in [0.4, 0.5) is 5.69 Å². The Hall–Kier alpha value is -1.71. The van der Waals surface area contributed by atoms with E-state index in [1.54, 1.807) is 12.0 Å². The standard InChI is InChI=1S/C12H16N2O2/c1-14-7-6-11(12(14)15)13-9-4-3-5-10(8-9)16-2/h3-5,8,11,13H,6-7H2,1-2H3. The summed E-state index contributed by atoms with van der Waals surface area (Å²) in [6, 6.07) is 7.52. The second kappa shape index (κ2) is 4.43. The van der Waals surface area contributed by atoms with Crippen LogP contribution in [0.5, 0.6) is 5.75 Å². The van der Waals surface area contributed by atoms with Crippen LogP contribution < -0.4 is 10.1 Å². The van der Waals surface area contributed by atoms with Crippen LogP contribution in [-0.4, -0.2) is 37.6 Å². The number of likely N-dealkylation sites (N-methyl/N-ethyl adjacent to an activating group) is 1. The molecule has 0 saturated carbocycles. The average Bonchev–Trinajstić information content (AvgIpc) is 2.61. The molecular weight excluding hydrogens is 204 g/mol. The van der Waals surface area contributed by atoms with Gasteiger partial charge in [-0.25, -0.2) is 0 Å². The molecule has 1 saturated heterocycles. The number of carbonyl (C=O) groups excluding carboxylic acids is 1. The summed E-state index contributed by atoms with van der Waals surface area (Å²) in [7, 11) is 3.46. The Morgan fingerprint density at radius 3 is 2.94 bits per heavy atom. The first-order valence-corrected chi connectivity index (χ1v) is 5.36. The van der Waals surface area contributed by atoms with E-state index in [4.69, 9.17) is 4.74 Å². The number of likely N-dealkylation sites (tertiary alicyclic amines) is 1. The predicted molar refractivity (Wildman–Crippen MR) is 62.7 cm³/mol. The van der Waals surface area contributed by atoms with Gasteiger partial charge in [0.05, 0.1) is 7.11 Å². The van der Waals surface area contributed by atoms with E-state index in [9.17, 15) is 4.79 Å². The third-order valence-electron chi connectivity index (χ3n) is 2.84. The lowest BCUT2D eigenvalue weighted by molar-refractivity contribution is -0.127. The maximum Gasteiger partial charge on any atom is 0.244 e. The third kappa shape index (κ3) is 2.10. The van der Waals surface area contributed by atoms with Crippen molar-refractivity contribution in [1.82, 2.24) is 4.90 Å². The van der Waals surface area contributed by atoms with Gasteiger partial charge in [0.2, 0.25) is 5.91 Å². The molecule has 1 atom stereocenters. The van der Waals surface area contributed by atoms with Crippen LogP contribution in [0.1, 0.15) is 6.42 Å². The van der Waals surface area contributed by atoms with Crippen molar-refractivity contribution in [2.75, 3.05) is 26.0 Å². The molecule has 86 valence electrons. The zero-order valence-electron chi connectivity index (χ0n) is 9.56. The monoisotopic (exact) mass is 220 g/mol. The second-order valence-corrected chi connectivity index (χ2v) is 3.98. The van der Waals surface area contributed by atoms with Crippen LogP contribution >= 0.6 is 0 Å². The summed E-state index contributed by atoms with van der Waals surface area (Å²) in [5.74, 6) is 0.951. The Labute approximate surface area is 95.2 Å². The van der Waals surface area contributed by atoms with E-state index in [0.29, 0.717) is 0 Å². The predicted octanol–water partition coefficient (Wildman–Crippen LogP) is 1.34. The highest BCUT2D eigenvalue weighted by atomic mass is 16.5. The Balaban J connectivity index is 2.06. The molecule has 2 rings (SSSR count). The topological polar surface area (TPSA) is 41.6 Å². The molecule has 4 heteroatoms. The Bertz CT molecular complexity index is 392. The highest BCUT2D eigenvalue weighted by Crippen LogP contribution is 2.20. The van der Waals surface area contributed by atoms with Crippen LogP contribution in [0.15, 0.2) is 24.3 Å². The Morgan fingerprint density at radius 1 is 1.50 bits per heavy atom. The van der Waals surface area contributed by atoms with Crippen LogP contribution in [-0.2, 0) is 4.79 Å². The number of amides is 1. The number of nitrogens with zero attached hydrogens (tertiary/aromatic N) is 1. The molecule has 0 radical (unpaired) electrons. The summed E-state index contributed by atoms with van der Waals surface area (Å²) >= 11 is 0. The largest absolute Gasteiger partial charge is 0.497 e. The molecule has 1 aliphatic rings. The van der Waals surface area contributed by atoms with Gasteiger partial charge >= 0.3 is 0 Å². The number of anilines is 1. The molecule has 1 fully saturated rings. The molecule has 0 spiro atoms. The van der Waals surface area contributed by atoms with E-state index >= 15 is 0 Å². The summed E-state index contributed by atoms with van der Waals surface area (Å²) in [6.07, 6.45) is 0.854. The number of benzene rings is 1. The van der Waals surface area contributed by atoms with E-state index in [2.05, 4.69) is 5.32 Å². The molecule has 1 aliphatic heterocycles. The highest BCUT2D eigenvalue weighted by Gasteiger charge is 2.28. The molecule has 1 aromatic carbocycles. The molecule has 0 aliphatic carbocycles. The van der Waals surface area contributed by atoms with Gasteiger partial charge < -0.3 is 15.0 Å². The number of ether oxygens (including phenoxy) is 1. The minimum absolute atomic E-state index is 0.0999. The number of rotatable bonds is 3. The molecule has 1 amide bonds. The first-order chi connectivity index (χ1) is 7.70. The quantitative estimate of drug-likeness (QED) is 0.835. The van der Waals surface area contributed by atoms with Crippen molar-refractivity contribution in [1.29, 1.82) is 0 Å². The number of hydrogen-bond acceptors (Lipinski definition) is 3. The smallest absolute Gasteiger partial charge is 0.244 e. The normalized spacial score (nSPS) is 20.0. The van der Waals surface area contributed by atoms with Gasteiger partial charge in [-0.05, 0) is 18.6 Å². The molecule has 1 aromatic rings. The maximum atomic E-state index is 11.7. The van der Waals surface area contributed by atoms with Gasteiger partial charge in [-0.3, -0.25) is 4.79 Å². The first-order valence-electron chi connectivity index (χ1n) is 5.36. The van der Waals surface area contributed by atoms with Gasteiger partial charge in [-0.15, -0.1) is 0 Å². The fourth-order valence-electron chi connectivity index (χ4n) is 1.87. The summed E-state index contributed by atoms with van der Waals surface area (Å²) in [6.45, 7) is 0.820. The summed E-state index contributed by atoms with van der Waals surface area (Å²) in [4.78, 5) is 13.4. The number of carbonyl (C=O) groups is 1. The van der Waals surface area contributed by atoms with E-state index in [-0.39, 0.29) is 11.9 Å². The third-order valence-corrected chi connectivity index (χ3v) is 2.84. The minimum atomic E-state index is -0.0999. The lowest BCUT2D eigenvalue weighted by Crippen LogP contribution is -2.30. The SMILES string of the molecule is COc1cccc(NC2CCN(C)C2=O)c1. The molecule has 1 heterocycles. The molecule has 4 nitrogen and oxygen atoms in total. The van der Waals surface area contributed by atoms with Crippen LogP contribution in [0.3, 0.4) is 0 Å². The van der Waals surface area contributed by atoms with E-state index < -0.39 is 0 Å². The van der Waals surface area contributed by atoms with Gasteiger partial charge in [0.15, 0.2) is 0 Å². The molecule has 0 bridgehead atoms. The van der Waals surface area contributed by atoms with Crippen molar-refractivity contribution in [2.45, 2.75) is 12.5 Å². The van der Waals surface area contributed by atoms with E-state index in [1.165, 1.54) is 0 Å².